The summed E-state index contributed by atoms with van der Waals surface area (Å²) in [5.74, 6) is 0.410. The number of rotatable bonds is 3. The van der Waals surface area contributed by atoms with Crippen LogP contribution in [0.1, 0.15) is 24.5 Å². The third-order valence-corrected chi connectivity index (χ3v) is 5.12. The molecule has 8 heteroatoms. The molecule has 0 atom stereocenters. The molecule has 0 unspecified atom stereocenters. The molecule has 0 saturated carbocycles. The molecule has 3 heterocycles. The molecular formula is C20H23N5O3. The Morgan fingerprint density at radius 3 is 2.43 bits per heavy atom. The van der Waals surface area contributed by atoms with Crippen LogP contribution in [0.25, 0.3) is 11.2 Å². The average molecular weight is 381 g/mol. The molecular weight excluding hydrogens is 358 g/mol. The SMILES string of the molecule is CC(=O)Cn1c(=O)c2c(nc3n2CCCN3c2cc(C)cc(C)c2)n(C)c1=O. The second-order valence-electron chi connectivity index (χ2n) is 7.52. The van der Waals surface area contributed by atoms with Gasteiger partial charge >= 0.3 is 5.69 Å². The molecule has 1 aliphatic rings. The lowest BCUT2D eigenvalue weighted by Gasteiger charge is -2.29. The highest BCUT2D eigenvalue weighted by molar-refractivity contribution is 5.78. The van der Waals surface area contributed by atoms with Crippen LogP contribution in [-0.4, -0.2) is 31.0 Å². The number of carbonyl (C=O) groups excluding carboxylic acids is 1. The van der Waals surface area contributed by atoms with Crippen molar-refractivity contribution in [2.24, 2.45) is 7.05 Å². The zero-order valence-corrected chi connectivity index (χ0v) is 16.5. The van der Waals surface area contributed by atoms with Crippen molar-refractivity contribution < 1.29 is 4.79 Å². The Bertz CT molecular complexity index is 1210. The number of nitrogens with zero attached hydrogens (tertiary/aromatic N) is 5. The van der Waals surface area contributed by atoms with E-state index >= 15 is 0 Å². The van der Waals surface area contributed by atoms with E-state index in [0.29, 0.717) is 23.7 Å². The van der Waals surface area contributed by atoms with Crippen LogP contribution >= 0.6 is 0 Å². The van der Waals surface area contributed by atoms with Crippen molar-refractivity contribution in [3.63, 3.8) is 0 Å². The van der Waals surface area contributed by atoms with Crippen LogP contribution in [0.15, 0.2) is 27.8 Å². The Morgan fingerprint density at radius 1 is 1.11 bits per heavy atom. The summed E-state index contributed by atoms with van der Waals surface area (Å²) < 4.78 is 4.22. The molecule has 1 aromatic carbocycles. The van der Waals surface area contributed by atoms with Crippen LogP contribution in [0.4, 0.5) is 11.6 Å². The van der Waals surface area contributed by atoms with Crippen molar-refractivity contribution in [3.8, 4) is 0 Å². The van der Waals surface area contributed by atoms with Crippen molar-refractivity contribution in [3.05, 3.63) is 50.2 Å². The Morgan fingerprint density at radius 2 is 1.79 bits per heavy atom. The number of imidazole rings is 1. The minimum atomic E-state index is -0.527. The summed E-state index contributed by atoms with van der Waals surface area (Å²) in [4.78, 5) is 43.9. The third kappa shape index (κ3) is 2.76. The fourth-order valence-electron chi connectivity index (χ4n) is 3.98. The van der Waals surface area contributed by atoms with Crippen molar-refractivity contribution in [2.45, 2.75) is 40.3 Å². The monoisotopic (exact) mass is 381 g/mol. The fraction of sp³-hybridized carbons (Fsp3) is 0.400. The highest BCUT2D eigenvalue weighted by atomic mass is 16.2. The molecule has 146 valence electrons. The van der Waals surface area contributed by atoms with Gasteiger partial charge in [0.2, 0.25) is 5.95 Å². The molecule has 1 aliphatic heterocycles. The van der Waals surface area contributed by atoms with E-state index in [1.807, 2.05) is 18.4 Å². The summed E-state index contributed by atoms with van der Waals surface area (Å²) in [5.41, 5.74) is 3.05. The molecule has 4 rings (SSSR count). The highest BCUT2D eigenvalue weighted by Crippen LogP contribution is 2.31. The maximum Gasteiger partial charge on any atom is 0.332 e. The van der Waals surface area contributed by atoms with E-state index in [-0.39, 0.29) is 12.3 Å². The van der Waals surface area contributed by atoms with Crippen molar-refractivity contribution >= 4 is 28.6 Å². The maximum atomic E-state index is 13.0. The zero-order valence-electron chi connectivity index (χ0n) is 16.5. The van der Waals surface area contributed by atoms with Crippen LogP contribution in [-0.2, 0) is 24.9 Å². The number of carbonyl (C=O) groups is 1. The Hall–Kier alpha value is -3.16. The van der Waals surface area contributed by atoms with Crippen LogP contribution in [0, 0.1) is 13.8 Å². The number of aryl methyl sites for hydroxylation is 4. The second-order valence-corrected chi connectivity index (χ2v) is 7.52. The van der Waals surface area contributed by atoms with Gasteiger partial charge in [-0.25, -0.2) is 4.79 Å². The van der Waals surface area contributed by atoms with Gasteiger partial charge in [-0.2, -0.15) is 4.98 Å². The molecule has 0 amide bonds. The highest BCUT2D eigenvalue weighted by Gasteiger charge is 2.27. The van der Waals surface area contributed by atoms with E-state index in [1.54, 1.807) is 7.05 Å². The number of aromatic nitrogens is 4. The van der Waals surface area contributed by atoms with Crippen molar-refractivity contribution in [1.82, 2.24) is 18.7 Å². The fourth-order valence-corrected chi connectivity index (χ4v) is 3.98. The van der Waals surface area contributed by atoms with Crippen LogP contribution < -0.4 is 16.1 Å². The Labute approximate surface area is 161 Å². The van der Waals surface area contributed by atoms with E-state index in [0.717, 1.165) is 34.3 Å². The molecule has 0 saturated heterocycles. The van der Waals surface area contributed by atoms with Crippen LogP contribution in [0.5, 0.6) is 0 Å². The predicted molar refractivity (Wildman–Crippen MR) is 107 cm³/mol. The standard InChI is InChI=1S/C20H23N5O3/c1-12-8-13(2)10-15(9-12)23-6-5-7-24-16-17(21-19(23)24)22(4)20(28)25(18(16)27)11-14(3)26/h8-10H,5-7,11H2,1-4H3. The Kier molecular flexibility index (Phi) is 4.21. The molecule has 28 heavy (non-hydrogen) atoms. The number of Topliss-reactive ketones (excluding diaryl/α,β-unsaturated/α-hetero) is 1. The molecule has 0 bridgehead atoms. The van der Waals surface area contributed by atoms with E-state index in [2.05, 4.69) is 28.1 Å². The van der Waals surface area contributed by atoms with E-state index in [4.69, 9.17) is 0 Å². The second kappa shape index (κ2) is 6.47. The van der Waals surface area contributed by atoms with Gasteiger partial charge in [0.15, 0.2) is 11.2 Å². The third-order valence-electron chi connectivity index (χ3n) is 5.12. The molecule has 0 aliphatic carbocycles. The lowest BCUT2D eigenvalue weighted by Crippen LogP contribution is -2.41. The molecule has 0 N–H and O–H groups in total. The molecule has 0 fully saturated rings. The Balaban J connectivity index is 1.99. The van der Waals surface area contributed by atoms with Gasteiger partial charge in [-0.1, -0.05) is 6.07 Å². The molecule has 2 aromatic heterocycles. The van der Waals surface area contributed by atoms with Crippen molar-refractivity contribution in [1.29, 1.82) is 0 Å². The number of hydrogen-bond acceptors (Lipinski definition) is 5. The molecule has 3 aromatic rings. The van der Waals surface area contributed by atoms with Gasteiger partial charge < -0.3 is 9.47 Å². The summed E-state index contributed by atoms with van der Waals surface area (Å²) in [6, 6.07) is 6.30. The predicted octanol–water partition coefficient (Wildman–Crippen LogP) is 1.64. The minimum absolute atomic E-state index is 0.233. The average Bonchev–Trinajstić information content (AvgIpc) is 3.02. The van der Waals surface area contributed by atoms with Crippen molar-refractivity contribution in [2.75, 3.05) is 11.4 Å². The van der Waals surface area contributed by atoms with E-state index < -0.39 is 11.2 Å². The lowest BCUT2D eigenvalue weighted by molar-refractivity contribution is -0.117. The van der Waals surface area contributed by atoms with Gasteiger partial charge in [-0.05, 0) is 50.5 Å². The van der Waals surface area contributed by atoms with Gasteiger partial charge in [0.25, 0.3) is 5.56 Å². The van der Waals surface area contributed by atoms with E-state index in [1.165, 1.54) is 11.5 Å². The number of hydrogen-bond donors (Lipinski definition) is 0. The number of fused-ring (bicyclic) bond motifs is 3. The first-order valence-electron chi connectivity index (χ1n) is 9.33. The first kappa shape index (κ1) is 18.2. The minimum Gasteiger partial charge on any atom is -0.312 e. The smallest absolute Gasteiger partial charge is 0.312 e. The zero-order chi connectivity index (χ0) is 20.2. The normalized spacial score (nSPS) is 13.8. The summed E-state index contributed by atoms with van der Waals surface area (Å²) in [7, 11) is 1.58. The molecule has 0 radical (unpaired) electrons. The number of benzene rings is 1. The van der Waals surface area contributed by atoms with Gasteiger partial charge in [-0.15, -0.1) is 0 Å². The summed E-state index contributed by atoms with van der Waals surface area (Å²) in [5, 5.41) is 0. The number of anilines is 2. The lowest BCUT2D eigenvalue weighted by atomic mass is 10.1. The number of ketones is 1. The first-order chi connectivity index (χ1) is 13.3. The molecule has 8 nitrogen and oxygen atoms in total. The van der Waals surface area contributed by atoms with Gasteiger partial charge in [0.1, 0.15) is 5.78 Å². The van der Waals surface area contributed by atoms with Gasteiger partial charge in [0, 0.05) is 25.8 Å². The van der Waals surface area contributed by atoms with Gasteiger partial charge in [-0.3, -0.25) is 18.7 Å². The first-order valence-corrected chi connectivity index (χ1v) is 9.33. The maximum absolute atomic E-state index is 13.0. The topological polar surface area (TPSA) is 82.1 Å². The summed E-state index contributed by atoms with van der Waals surface area (Å²) >= 11 is 0. The quantitative estimate of drug-likeness (QED) is 0.689. The summed E-state index contributed by atoms with van der Waals surface area (Å²) in [6.07, 6.45) is 0.848. The van der Waals surface area contributed by atoms with Crippen LogP contribution in [0.3, 0.4) is 0 Å². The molecule has 0 spiro atoms. The largest absolute Gasteiger partial charge is 0.332 e. The van der Waals surface area contributed by atoms with Crippen LogP contribution in [0.2, 0.25) is 0 Å². The van der Waals surface area contributed by atoms with Gasteiger partial charge in [0.05, 0.1) is 6.54 Å². The summed E-state index contributed by atoms with van der Waals surface area (Å²) in [6.45, 7) is 6.65. The van der Waals surface area contributed by atoms with E-state index in [9.17, 15) is 14.4 Å².